The number of likely N-dealkylation sites (tertiary alicyclic amines) is 1. The van der Waals surface area contributed by atoms with Gasteiger partial charge in [0.15, 0.2) is 5.96 Å². The summed E-state index contributed by atoms with van der Waals surface area (Å²) in [5.41, 5.74) is 1.56. The third-order valence-electron chi connectivity index (χ3n) is 5.06. The normalized spacial score (nSPS) is 22.7. The van der Waals surface area contributed by atoms with Gasteiger partial charge >= 0.3 is 0 Å². The predicted molar refractivity (Wildman–Crippen MR) is 88.6 cm³/mol. The quantitative estimate of drug-likeness (QED) is 0.686. The fraction of sp³-hybridized carbons (Fsp3) is 0.611. The lowest BCUT2D eigenvalue weighted by Gasteiger charge is -2.26. The van der Waals surface area contributed by atoms with Crippen LogP contribution in [0.15, 0.2) is 29.3 Å². The predicted octanol–water partition coefficient (Wildman–Crippen LogP) is 3.16. The van der Waals surface area contributed by atoms with Crippen LogP contribution in [0.25, 0.3) is 0 Å². The lowest BCUT2D eigenvalue weighted by Crippen LogP contribution is -2.43. The molecule has 0 bridgehead atoms. The maximum atomic E-state index is 13.5. The number of nitrogens with zero attached hydrogens (tertiary/aromatic N) is 2. The number of guanidine groups is 1. The lowest BCUT2D eigenvalue weighted by molar-refractivity contribution is 0.369. The minimum absolute atomic E-state index is 0.0906. The van der Waals surface area contributed by atoms with Crippen molar-refractivity contribution in [2.24, 2.45) is 10.4 Å². The summed E-state index contributed by atoms with van der Waals surface area (Å²) in [6.45, 7) is 7.53. The topological polar surface area (TPSA) is 27.6 Å². The highest BCUT2D eigenvalue weighted by Crippen LogP contribution is 2.47. The van der Waals surface area contributed by atoms with Crippen LogP contribution in [0.1, 0.15) is 38.7 Å². The van der Waals surface area contributed by atoms with Crippen molar-refractivity contribution in [2.75, 3.05) is 26.7 Å². The Hall–Kier alpha value is -1.58. The number of hydrogen-bond donors (Lipinski definition) is 1. The first-order valence-corrected chi connectivity index (χ1v) is 8.16. The molecule has 1 aromatic carbocycles. The zero-order chi connectivity index (χ0) is 15.8. The molecule has 1 N–H and O–H groups in total. The maximum Gasteiger partial charge on any atom is 0.193 e. The Morgan fingerprint density at radius 3 is 2.64 bits per heavy atom. The average Bonchev–Trinajstić information content (AvgIpc) is 3.18. The molecule has 0 radical (unpaired) electrons. The van der Waals surface area contributed by atoms with Crippen LogP contribution >= 0.6 is 0 Å². The Kier molecular flexibility index (Phi) is 3.87. The Balaban J connectivity index is 1.64. The number of rotatable bonds is 3. The van der Waals surface area contributed by atoms with E-state index in [9.17, 15) is 4.39 Å². The number of benzene rings is 1. The van der Waals surface area contributed by atoms with Gasteiger partial charge in [0.25, 0.3) is 0 Å². The van der Waals surface area contributed by atoms with Gasteiger partial charge in [-0.2, -0.15) is 0 Å². The lowest BCUT2D eigenvalue weighted by atomic mass is 9.93. The van der Waals surface area contributed by atoms with Crippen LogP contribution in [-0.4, -0.2) is 37.5 Å². The molecule has 0 amide bonds. The highest BCUT2D eigenvalue weighted by molar-refractivity contribution is 5.80. The summed E-state index contributed by atoms with van der Waals surface area (Å²) in [6, 6.07) is 7.04. The van der Waals surface area contributed by atoms with E-state index >= 15 is 0 Å². The van der Waals surface area contributed by atoms with Gasteiger partial charge in [-0.25, -0.2) is 4.39 Å². The Morgan fingerprint density at radius 2 is 2.09 bits per heavy atom. The minimum atomic E-state index is -0.144. The summed E-state index contributed by atoms with van der Waals surface area (Å²) in [7, 11) is 1.84. The number of halogens is 1. The summed E-state index contributed by atoms with van der Waals surface area (Å²) >= 11 is 0. The maximum absolute atomic E-state index is 13.5. The van der Waals surface area contributed by atoms with E-state index in [-0.39, 0.29) is 11.2 Å². The molecule has 1 aromatic rings. The molecule has 1 saturated heterocycles. The molecule has 3 rings (SSSR count). The summed E-state index contributed by atoms with van der Waals surface area (Å²) in [5, 5.41) is 3.52. The van der Waals surface area contributed by atoms with Crippen molar-refractivity contribution in [3.8, 4) is 0 Å². The second-order valence-electron chi connectivity index (χ2n) is 7.53. The average molecular weight is 303 g/mol. The van der Waals surface area contributed by atoms with Gasteiger partial charge < -0.3 is 10.2 Å². The number of aliphatic imine (C=N–C) groups is 1. The molecule has 1 aliphatic carbocycles. The van der Waals surface area contributed by atoms with Crippen molar-refractivity contribution >= 4 is 5.96 Å². The molecular formula is C18H26FN3. The second-order valence-corrected chi connectivity index (χ2v) is 7.53. The monoisotopic (exact) mass is 303 g/mol. The molecule has 1 saturated carbocycles. The summed E-state index contributed by atoms with van der Waals surface area (Å²) in [5.74, 6) is 0.836. The van der Waals surface area contributed by atoms with Crippen LogP contribution in [0, 0.1) is 11.2 Å². The van der Waals surface area contributed by atoms with Crippen molar-refractivity contribution in [2.45, 2.75) is 38.5 Å². The second kappa shape index (κ2) is 5.56. The minimum Gasteiger partial charge on any atom is -0.355 e. The van der Waals surface area contributed by atoms with Crippen molar-refractivity contribution in [3.63, 3.8) is 0 Å². The van der Waals surface area contributed by atoms with Crippen molar-refractivity contribution in [1.82, 2.24) is 10.2 Å². The van der Waals surface area contributed by atoms with Crippen LogP contribution in [0.4, 0.5) is 4.39 Å². The van der Waals surface area contributed by atoms with Crippen LogP contribution in [0.2, 0.25) is 0 Å². The number of hydrogen-bond acceptors (Lipinski definition) is 1. The molecule has 3 nitrogen and oxygen atoms in total. The Bertz CT molecular complexity index is 575. The van der Waals surface area contributed by atoms with E-state index < -0.39 is 0 Å². The molecule has 2 aliphatic rings. The van der Waals surface area contributed by atoms with Gasteiger partial charge in [0.1, 0.15) is 5.82 Å². The van der Waals surface area contributed by atoms with Crippen LogP contribution < -0.4 is 5.32 Å². The van der Waals surface area contributed by atoms with E-state index in [0.717, 1.165) is 44.0 Å². The van der Waals surface area contributed by atoms with Gasteiger partial charge in [-0.1, -0.05) is 26.0 Å². The molecule has 22 heavy (non-hydrogen) atoms. The third-order valence-corrected chi connectivity index (χ3v) is 5.06. The highest BCUT2D eigenvalue weighted by Gasteiger charge is 2.44. The van der Waals surface area contributed by atoms with Crippen LogP contribution in [0.3, 0.4) is 0 Å². The Morgan fingerprint density at radius 1 is 1.32 bits per heavy atom. The molecule has 0 aromatic heterocycles. The molecule has 0 spiro atoms. The zero-order valence-electron chi connectivity index (χ0n) is 13.8. The fourth-order valence-corrected chi connectivity index (χ4v) is 3.41. The Labute approximate surface area is 132 Å². The molecule has 1 aliphatic heterocycles. The van der Waals surface area contributed by atoms with E-state index in [4.69, 9.17) is 0 Å². The third kappa shape index (κ3) is 3.11. The molecule has 120 valence electrons. The molecule has 2 fully saturated rings. The highest BCUT2D eigenvalue weighted by atomic mass is 19.1. The van der Waals surface area contributed by atoms with Gasteiger partial charge in [-0.05, 0) is 42.4 Å². The molecule has 1 heterocycles. The zero-order valence-corrected chi connectivity index (χ0v) is 13.8. The number of nitrogens with one attached hydrogen (secondary N) is 1. The summed E-state index contributed by atoms with van der Waals surface area (Å²) in [6.07, 6.45) is 3.43. The van der Waals surface area contributed by atoms with Crippen molar-refractivity contribution in [1.29, 1.82) is 0 Å². The standard InChI is InChI=1S/C18H26FN3/c1-17(2)9-10-22(13-17)16(20-3)21-12-18(7-8-18)14-5-4-6-15(19)11-14/h4-6,11H,7-10,12-13H2,1-3H3,(H,20,21). The van der Waals surface area contributed by atoms with Gasteiger partial charge in [0, 0.05) is 32.1 Å². The van der Waals surface area contributed by atoms with Crippen molar-refractivity contribution in [3.05, 3.63) is 35.6 Å². The first kappa shape index (κ1) is 15.3. The van der Waals surface area contributed by atoms with E-state index in [1.807, 2.05) is 19.2 Å². The SMILES string of the molecule is CN=C(NCC1(c2cccc(F)c2)CC1)N1CCC(C)(C)C1. The molecule has 4 heteroatoms. The molecule has 0 unspecified atom stereocenters. The van der Waals surface area contributed by atoms with E-state index in [1.54, 1.807) is 6.07 Å². The van der Waals surface area contributed by atoms with Gasteiger partial charge in [-0.15, -0.1) is 0 Å². The molecule has 0 atom stereocenters. The largest absolute Gasteiger partial charge is 0.355 e. The summed E-state index contributed by atoms with van der Waals surface area (Å²) < 4.78 is 13.5. The van der Waals surface area contributed by atoms with E-state index in [1.165, 1.54) is 12.5 Å². The fourth-order valence-electron chi connectivity index (χ4n) is 3.41. The molecular weight excluding hydrogens is 277 g/mol. The van der Waals surface area contributed by atoms with Crippen LogP contribution in [-0.2, 0) is 5.41 Å². The van der Waals surface area contributed by atoms with E-state index in [0.29, 0.717) is 5.41 Å². The first-order valence-electron chi connectivity index (χ1n) is 8.16. The van der Waals surface area contributed by atoms with E-state index in [2.05, 4.69) is 29.1 Å². The van der Waals surface area contributed by atoms with Gasteiger partial charge in [-0.3, -0.25) is 4.99 Å². The van der Waals surface area contributed by atoms with Gasteiger partial charge in [0.05, 0.1) is 0 Å². The van der Waals surface area contributed by atoms with Crippen molar-refractivity contribution < 1.29 is 4.39 Å². The summed E-state index contributed by atoms with van der Waals surface area (Å²) in [4.78, 5) is 6.77. The first-order chi connectivity index (χ1) is 10.4. The van der Waals surface area contributed by atoms with Gasteiger partial charge in [0.2, 0.25) is 0 Å². The van der Waals surface area contributed by atoms with Crippen LogP contribution in [0.5, 0.6) is 0 Å². The smallest absolute Gasteiger partial charge is 0.193 e.